The molecule has 0 bridgehead atoms. The van der Waals surface area contributed by atoms with Crippen molar-refractivity contribution in [2.75, 3.05) is 26.0 Å². The third-order valence-electron chi connectivity index (χ3n) is 6.60. The molecule has 3 aromatic heterocycles. The molecule has 5 rings (SSSR count). The van der Waals surface area contributed by atoms with E-state index in [1.165, 1.54) is 6.07 Å². The zero-order valence-corrected chi connectivity index (χ0v) is 21.2. The van der Waals surface area contributed by atoms with Gasteiger partial charge in [0.15, 0.2) is 17.3 Å². The average molecular weight is 502 g/mol. The van der Waals surface area contributed by atoms with Gasteiger partial charge in [0.1, 0.15) is 23.0 Å². The van der Waals surface area contributed by atoms with Crippen LogP contribution in [0.5, 0.6) is 0 Å². The molecule has 0 spiro atoms. The van der Waals surface area contributed by atoms with Crippen molar-refractivity contribution in [3.05, 3.63) is 65.2 Å². The van der Waals surface area contributed by atoms with Crippen molar-refractivity contribution in [2.45, 2.75) is 38.6 Å². The van der Waals surface area contributed by atoms with E-state index in [1.807, 2.05) is 25.1 Å². The van der Waals surface area contributed by atoms with Gasteiger partial charge in [0.2, 0.25) is 5.91 Å². The first kappa shape index (κ1) is 24.6. The Hall–Kier alpha value is -4.05. The number of hydrogen-bond acceptors (Lipinski definition) is 7. The minimum Gasteiger partial charge on any atom is -0.310 e. The topological polar surface area (TPSA) is 106 Å². The Morgan fingerprint density at radius 1 is 1.14 bits per heavy atom. The van der Waals surface area contributed by atoms with Gasteiger partial charge >= 0.3 is 0 Å². The molecule has 0 atom stereocenters. The van der Waals surface area contributed by atoms with Crippen LogP contribution < -0.4 is 5.32 Å². The van der Waals surface area contributed by atoms with Crippen molar-refractivity contribution in [2.24, 2.45) is 0 Å². The molecule has 9 nitrogen and oxygen atoms in total. The van der Waals surface area contributed by atoms with Crippen LogP contribution in [0.25, 0.3) is 22.6 Å². The van der Waals surface area contributed by atoms with Crippen LogP contribution in [0.3, 0.4) is 0 Å². The van der Waals surface area contributed by atoms with Crippen molar-refractivity contribution >= 4 is 28.5 Å². The number of Topliss-reactive ketones (excluding diaryl/α,β-unsaturated/α-hetero) is 1. The normalized spacial score (nSPS) is 14.3. The number of ketones is 1. The Labute approximate surface area is 213 Å². The molecule has 0 saturated heterocycles. The number of carbonyl (C=O) groups is 2. The zero-order valence-electron chi connectivity index (χ0n) is 21.2. The average Bonchev–Trinajstić information content (AvgIpc) is 3.33. The number of halogens is 1. The van der Waals surface area contributed by atoms with E-state index >= 15 is 0 Å². The summed E-state index contributed by atoms with van der Waals surface area (Å²) in [6, 6.07) is 10.1. The maximum atomic E-state index is 14.4. The highest BCUT2D eigenvalue weighted by molar-refractivity contribution is 6.09. The molecule has 1 aliphatic rings. The smallest absolute Gasteiger partial charge is 0.235 e. The van der Waals surface area contributed by atoms with E-state index < -0.39 is 5.41 Å². The summed E-state index contributed by atoms with van der Waals surface area (Å²) in [6.45, 7) is 4.43. The molecule has 1 amide bonds. The number of nitrogens with one attached hydrogen (secondary N) is 1. The second-order valence-electron chi connectivity index (χ2n) is 10.0. The van der Waals surface area contributed by atoms with Gasteiger partial charge in [0.05, 0.1) is 17.3 Å². The summed E-state index contributed by atoms with van der Waals surface area (Å²) < 4.78 is 16.0. The highest BCUT2D eigenvalue weighted by Crippen LogP contribution is 2.40. The lowest BCUT2D eigenvalue weighted by atomic mass is 9.84. The number of anilines is 1. The van der Waals surface area contributed by atoms with Gasteiger partial charge in [-0.3, -0.25) is 9.59 Å². The van der Waals surface area contributed by atoms with Gasteiger partial charge in [0.25, 0.3) is 0 Å². The number of carbonyl (C=O) groups excluding carboxylic acids is 2. The van der Waals surface area contributed by atoms with Crippen LogP contribution in [0.1, 0.15) is 48.3 Å². The fourth-order valence-electron chi connectivity index (χ4n) is 4.58. The minimum atomic E-state index is -0.950. The number of nitrogens with zero attached hydrogens (tertiary/aromatic N) is 6. The summed E-state index contributed by atoms with van der Waals surface area (Å²) in [4.78, 5) is 41.9. The second kappa shape index (κ2) is 9.44. The number of aromatic nitrogens is 5. The maximum absolute atomic E-state index is 14.4. The summed E-state index contributed by atoms with van der Waals surface area (Å²) in [7, 11) is 3.90. The summed E-state index contributed by atoms with van der Waals surface area (Å²) in [5.74, 6) is -0.213. The van der Waals surface area contributed by atoms with E-state index in [9.17, 15) is 14.0 Å². The SMILES string of the molecule is CN(C)CCCC(=O)c1nc(-c2nn(Cc3ccccc3F)c3ncccc23)nc2c1C(C)(C)C(=O)N2. The lowest BCUT2D eigenvalue weighted by molar-refractivity contribution is -0.119. The second-order valence-corrected chi connectivity index (χ2v) is 10.0. The molecular weight excluding hydrogens is 473 g/mol. The van der Waals surface area contributed by atoms with Gasteiger partial charge in [-0.15, -0.1) is 0 Å². The van der Waals surface area contributed by atoms with Crippen molar-refractivity contribution < 1.29 is 14.0 Å². The van der Waals surface area contributed by atoms with Gasteiger partial charge in [0, 0.05) is 23.7 Å². The van der Waals surface area contributed by atoms with Crippen molar-refractivity contribution in [1.29, 1.82) is 0 Å². The zero-order chi connectivity index (χ0) is 26.3. The molecule has 4 heterocycles. The first-order valence-corrected chi connectivity index (χ1v) is 12.1. The molecule has 0 unspecified atom stereocenters. The maximum Gasteiger partial charge on any atom is 0.235 e. The fourth-order valence-corrected chi connectivity index (χ4v) is 4.58. The number of rotatable bonds is 8. The molecule has 190 valence electrons. The minimum absolute atomic E-state index is 0.153. The molecule has 1 N–H and O–H groups in total. The van der Waals surface area contributed by atoms with Gasteiger partial charge < -0.3 is 10.2 Å². The number of hydrogen-bond donors (Lipinski definition) is 1. The predicted molar refractivity (Wildman–Crippen MR) is 138 cm³/mol. The van der Waals surface area contributed by atoms with E-state index in [0.717, 1.165) is 6.54 Å². The van der Waals surface area contributed by atoms with Crippen LogP contribution in [0.2, 0.25) is 0 Å². The van der Waals surface area contributed by atoms with Crippen molar-refractivity contribution in [1.82, 2.24) is 29.6 Å². The molecule has 10 heteroatoms. The van der Waals surface area contributed by atoms with Gasteiger partial charge in [-0.1, -0.05) is 18.2 Å². The van der Waals surface area contributed by atoms with E-state index in [0.29, 0.717) is 40.1 Å². The number of benzene rings is 1. The van der Waals surface area contributed by atoms with Gasteiger partial charge in [-0.25, -0.2) is 24.0 Å². The Morgan fingerprint density at radius 3 is 2.68 bits per heavy atom. The summed E-state index contributed by atoms with van der Waals surface area (Å²) in [5, 5.41) is 8.17. The molecule has 0 fully saturated rings. The number of amides is 1. The summed E-state index contributed by atoms with van der Waals surface area (Å²) >= 11 is 0. The summed E-state index contributed by atoms with van der Waals surface area (Å²) in [5.41, 5.74) is 1.18. The third-order valence-corrected chi connectivity index (χ3v) is 6.60. The van der Waals surface area contributed by atoms with Crippen LogP contribution in [0.4, 0.5) is 10.2 Å². The predicted octanol–water partition coefficient (Wildman–Crippen LogP) is 3.83. The molecule has 0 saturated carbocycles. The molecular formula is C27H28FN7O2. The summed E-state index contributed by atoms with van der Waals surface area (Å²) in [6.07, 6.45) is 2.58. The van der Waals surface area contributed by atoms with E-state index in [1.54, 1.807) is 49.0 Å². The molecule has 1 aromatic carbocycles. The Balaban J connectivity index is 1.63. The van der Waals surface area contributed by atoms with Gasteiger partial charge in [-0.2, -0.15) is 5.10 Å². The highest BCUT2D eigenvalue weighted by Gasteiger charge is 2.44. The molecule has 37 heavy (non-hydrogen) atoms. The van der Waals surface area contributed by atoms with Crippen LogP contribution in [-0.2, 0) is 16.8 Å². The van der Waals surface area contributed by atoms with Crippen LogP contribution in [0, 0.1) is 5.82 Å². The molecule has 4 aromatic rings. The van der Waals surface area contributed by atoms with E-state index in [2.05, 4.69) is 20.3 Å². The van der Waals surface area contributed by atoms with E-state index in [4.69, 9.17) is 5.10 Å². The van der Waals surface area contributed by atoms with Crippen LogP contribution in [-0.4, -0.2) is 62.0 Å². The molecule has 0 radical (unpaired) electrons. The van der Waals surface area contributed by atoms with Crippen LogP contribution >= 0.6 is 0 Å². The Kier molecular flexibility index (Phi) is 6.28. The van der Waals surface area contributed by atoms with Gasteiger partial charge in [-0.05, 0) is 59.1 Å². The first-order chi connectivity index (χ1) is 17.7. The Morgan fingerprint density at radius 2 is 1.92 bits per heavy atom. The van der Waals surface area contributed by atoms with Crippen molar-refractivity contribution in [3.63, 3.8) is 0 Å². The number of pyridine rings is 1. The quantitative estimate of drug-likeness (QED) is 0.366. The van der Waals surface area contributed by atoms with Crippen molar-refractivity contribution in [3.8, 4) is 11.5 Å². The first-order valence-electron chi connectivity index (χ1n) is 12.1. The number of fused-ring (bicyclic) bond motifs is 2. The fraction of sp³-hybridized carbons (Fsp3) is 0.333. The Bertz CT molecular complexity index is 1530. The lowest BCUT2D eigenvalue weighted by Gasteiger charge is -2.18. The molecule has 1 aliphatic heterocycles. The van der Waals surface area contributed by atoms with E-state index in [-0.39, 0.29) is 42.0 Å². The monoisotopic (exact) mass is 501 g/mol. The highest BCUT2D eigenvalue weighted by atomic mass is 19.1. The lowest BCUT2D eigenvalue weighted by Crippen LogP contribution is -2.28. The molecule has 0 aliphatic carbocycles. The standard InChI is InChI=1S/C27H28FN7O2/c1-27(2)20-22(19(36)12-8-14-34(3)4)30-24(31-23(20)32-26(27)37)21-17-10-7-13-29-25(17)35(33-21)15-16-9-5-6-11-18(16)28/h5-7,9-11,13H,8,12,14-15H2,1-4H3,(H,30,31,32,37). The van der Waals surface area contributed by atoms with Crippen LogP contribution in [0.15, 0.2) is 42.6 Å². The third kappa shape index (κ3) is 4.48. The largest absolute Gasteiger partial charge is 0.310 e.